The van der Waals surface area contributed by atoms with Gasteiger partial charge in [0.15, 0.2) is 9.84 Å². The van der Waals surface area contributed by atoms with E-state index in [0.717, 1.165) is 0 Å². The number of carbonyl (C=O) groups is 1. The molecule has 1 aromatic rings. The first-order valence-corrected chi connectivity index (χ1v) is 9.45. The SMILES string of the molecule is O=C(O)C(COC1CCOCC1)CS(=O)(=O)Cc1ccccc1. The van der Waals surface area contributed by atoms with Crippen LogP contribution in [-0.2, 0) is 29.9 Å². The first kappa shape index (κ1) is 17.9. The van der Waals surface area contributed by atoms with Crippen LogP contribution >= 0.6 is 0 Å². The van der Waals surface area contributed by atoms with E-state index in [2.05, 4.69) is 0 Å². The Kier molecular flexibility index (Phi) is 6.56. The quantitative estimate of drug-likeness (QED) is 0.770. The summed E-state index contributed by atoms with van der Waals surface area (Å²) in [5.41, 5.74) is 0.655. The zero-order valence-corrected chi connectivity index (χ0v) is 13.7. The van der Waals surface area contributed by atoms with Gasteiger partial charge in [-0.2, -0.15) is 0 Å². The molecule has 1 fully saturated rings. The minimum Gasteiger partial charge on any atom is -0.481 e. The van der Waals surface area contributed by atoms with Crippen LogP contribution in [0, 0.1) is 5.92 Å². The third-order valence-electron chi connectivity index (χ3n) is 3.74. The molecule has 0 spiro atoms. The number of carboxylic acids is 1. The Hall–Kier alpha value is -1.44. The van der Waals surface area contributed by atoms with Crippen molar-refractivity contribution >= 4 is 15.8 Å². The van der Waals surface area contributed by atoms with Gasteiger partial charge in [0.25, 0.3) is 0 Å². The molecule has 128 valence electrons. The summed E-state index contributed by atoms with van der Waals surface area (Å²) in [6.45, 7) is 1.09. The van der Waals surface area contributed by atoms with Crippen LogP contribution in [0.4, 0.5) is 0 Å². The molecule has 0 aromatic heterocycles. The highest BCUT2D eigenvalue weighted by atomic mass is 32.2. The molecule has 1 aromatic carbocycles. The molecule has 0 amide bonds. The second kappa shape index (κ2) is 8.42. The van der Waals surface area contributed by atoms with E-state index in [4.69, 9.17) is 9.47 Å². The summed E-state index contributed by atoms with van der Waals surface area (Å²) >= 11 is 0. The van der Waals surface area contributed by atoms with E-state index in [0.29, 0.717) is 31.6 Å². The minimum atomic E-state index is -3.52. The summed E-state index contributed by atoms with van der Waals surface area (Å²) in [5.74, 6) is -2.77. The number of hydrogen-bond acceptors (Lipinski definition) is 5. The molecular weight excluding hydrogens is 320 g/mol. The first-order valence-electron chi connectivity index (χ1n) is 7.63. The molecule has 1 N–H and O–H groups in total. The van der Waals surface area contributed by atoms with Crippen molar-refractivity contribution in [3.8, 4) is 0 Å². The number of rotatable bonds is 8. The van der Waals surface area contributed by atoms with Gasteiger partial charge in [0, 0.05) is 13.2 Å². The highest BCUT2D eigenvalue weighted by molar-refractivity contribution is 7.90. The van der Waals surface area contributed by atoms with Gasteiger partial charge >= 0.3 is 5.97 Å². The molecule has 7 heteroatoms. The van der Waals surface area contributed by atoms with Crippen LogP contribution in [0.25, 0.3) is 0 Å². The van der Waals surface area contributed by atoms with Crippen LogP contribution in [0.1, 0.15) is 18.4 Å². The second-order valence-corrected chi connectivity index (χ2v) is 7.83. The van der Waals surface area contributed by atoms with Crippen molar-refractivity contribution in [2.45, 2.75) is 24.7 Å². The van der Waals surface area contributed by atoms with E-state index in [1.165, 1.54) is 0 Å². The average molecular weight is 342 g/mol. The summed E-state index contributed by atoms with van der Waals surface area (Å²) in [7, 11) is -3.52. The van der Waals surface area contributed by atoms with Gasteiger partial charge in [-0.05, 0) is 18.4 Å². The normalized spacial score (nSPS) is 17.7. The van der Waals surface area contributed by atoms with Crippen molar-refractivity contribution in [2.75, 3.05) is 25.6 Å². The molecule has 23 heavy (non-hydrogen) atoms. The Morgan fingerprint density at radius 2 is 1.91 bits per heavy atom. The standard InChI is InChI=1S/C16H22O6S/c17-16(18)14(10-22-15-6-8-21-9-7-15)12-23(19,20)11-13-4-2-1-3-5-13/h1-5,14-15H,6-12H2,(H,17,18). The Morgan fingerprint density at radius 3 is 2.52 bits per heavy atom. The Labute approximate surface area is 136 Å². The maximum Gasteiger partial charge on any atom is 0.309 e. The average Bonchev–Trinajstić information content (AvgIpc) is 2.52. The van der Waals surface area contributed by atoms with E-state index in [-0.39, 0.29) is 18.5 Å². The van der Waals surface area contributed by atoms with Crippen LogP contribution in [0.3, 0.4) is 0 Å². The lowest BCUT2D eigenvalue weighted by Gasteiger charge is -2.24. The van der Waals surface area contributed by atoms with Gasteiger partial charge in [-0.3, -0.25) is 4.79 Å². The third kappa shape index (κ3) is 6.29. The van der Waals surface area contributed by atoms with Gasteiger partial charge in [0.1, 0.15) is 0 Å². The summed E-state index contributed by atoms with van der Waals surface area (Å²) < 4.78 is 35.2. The monoisotopic (exact) mass is 342 g/mol. The number of hydrogen-bond donors (Lipinski definition) is 1. The van der Waals surface area contributed by atoms with Crippen molar-refractivity contribution in [1.82, 2.24) is 0 Å². The van der Waals surface area contributed by atoms with Crippen molar-refractivity contribution < 1.29 is 27.8 Å². The van der Waals surface area contributed by atoms with Crippen LogP contribution in [0.2, 0.25) is 0 Å². The Bertz CT molecular complexity index is 592. The fourth-order valence-electron chi connectivity index (χ4n) is 2.48. The highest BCUT2D eigenvalue weighted by Crippen LogP contribution is 2.15. The largest absolute Gasteiger partial charge is 0.481 e. The van der Waals surface area contributed by atoms with Crippen LogP contribution in [0.5, 0.6) is 0 Å². The number of aliphatic carboxylic acids is 1. The number of benzene rings is 1. The second-order valence-electron chi connectivity index (χ2n) is 5.72. The molecule has 1 aliphatic rings. The van der Waals surface area contributed by atoms with Gasteiger partial charge in [-0.1, -0.05) is 30.3 Å². The van der Waals surface area contributed by atoms with Crippen molar-refractivity contribution in [1.29, 1.82) is 0 Å². The molecule has 1 unspecified atom stereocenters. The Balaban J connectivity index is 1.90. The van der Waals surface area contributed by atoms with Gasteiger partial charge in [-0.15, -0.1) is 0 Å². The smallest absolute Gasteiger partial charge is 0.309 e. The predicted octanol–water partition coefficient (Wildman–Crippen LogP) is 1.50. The maximum absolute atomic E-state index is 12.2. The molecule has 0 aliphatic carbocycles. The van der Waals surface area contributed by atoms with Crippen LogP contribution in [0.15, 0.2) is 30.3 Å². The summed E-state index contributed by atoms with van der Waals surface area (Å²) in [4.78, 5) is 11.3. The molecule has 0 radical (unpaired) electrons. The summed E-state index contributed by atoms with van der Waals surface area (Å²) in [5, 5.41) is 9.26. The molecule has 0 saturated carbocycles. The molecule has 1 atom stereocenters. The molecular formula is C16H22O6S. The number of ether oxygens (including phenoxy) is 2. The van der Waals surface area contributed by atoms with E-state index in [1.807, 2.05) is 0 Å². The lowest BCUT2D eigenvalue weighted by Crippen LogP contribution is -2.32. The summed E-state index contributed by atoms with van der Waals surface area (Å²) in [6.07, 6.45) is 1.37. The van der Waals surface area contributed by atoms with E-state index < -0.39 is 27.5 Å². The molecule has 0 bridgehead atoms. The molecule has 1 heterocycles. The highest BCUT2D eigenvalue weighted by Gasteiger charge is 2.27. The predicted molar refractivity (Wildman–Crippen MR) is 84.9 cm³/mol. The number of sulfone groups is 1. The minimum absolute atomic E-state index is 0.0533. The third-order valence-corrected chi connectivity index (χ3v) is 5.42. The first-order chi connectivity index (χ1) is 11.0. The lowest BCUT2D eigenvalue weighted by molar-refractivity contribution is -0.144. The lowest BCUT2D eigenvalue weighted by atomic mass is 10.1. The molecule has 6 nitrogen and oxygen atoms in total. The van der Waals surface area contributed by atoms with Crippen molar-refractivity contribution in [2.24, 2.45) is 5.92 Å². The molecule has 1 saturated heterocycles. The fourth-order valence-corrected chi connectivity index (χ4v) is 4.15. The van der Waals surface area contributed by atoms with Crippen LogP contribution in [-0.4, -0.2) is 51.2 Å². The van der Waals surface area contributed by atoms with E-state index in [1.54, 1.807) is 30.3 Å². The van der Waals surface area contributed by atoms with Gasteiger partial charge in [-0.25, -0.2) is 8.42 Å². The topological polar surface area (TPSA) is 89.9 Å². The van der Waals surface area contributed by atoms with Crippen molar-refractivity contribution in [3.63, 3.8) is 0 Å². The van der Waals surface area contributed by atoms with Gasteiger partial charge in [0.05, 0.1) is 30.1 Å². The zero-order valence-electron chi connectivity index (χ0n) is 12.9. The van der Waals surface area contributed by atoms with Gasteiger partial charge < -0.3 is 14.6 Å². The van der Waals surface area contributed by atoms with Gasteiger partial charge in [0.2, 0.25) is 0 Å². The fraction of sp³-hybridized carbons (Fsp3) is 0.562. The molecule has 1 aliphatic heterocycles. The maximum atomic E-state index is 12.2. The molecule has 2 rings (SSSR count). The van der Waals surface area contributed by atoms with Crippen molar-refractivity contribution in [3.05, 3.63) is 35.9 Å². The number of carboxylic acid groups (broad SMARTS) is 1. The zero-order chi connectivity index (χ0) is 16.7. The van der Waals surface area contributed by atoms with E-state index in [9.17, 15) is 18.3 Å². The summed E-state index contributed by atoms with van der Waals surface area (Å²) in [6, 6.07) is 8.75. The van der Waals surface area contributed by atoms with E-state index >= 15 is 0 Å². The Morgan fingerprint density at radius 1 is 1.26 bits per heavy atom. The van der Waals surface area contributed by atoms with Crippen LogP contribution < -0.4 is 0 Å².